The molecule has 0 aliphatic carbocycles. The minimum atomic E-state index is 0.0836. The van der Waals surface area contributed by atoms with E-state index in [2.05, 4.69) is 43.0 Å². The van der Waals surface area contributed by atoms with Gasteiger partial charge in [0.15, 0.2) is 5.13 Å². The molecule has 0 bridgehead atoms. The molecule has 2 aromatic carbocycles. The van der Waals surface area contributed by atoms with Gasteiger partial charge in [-0.25, -0.2) is 4.98 Å². The number of ether oxygens (including phenoxy) is 2. The van der Waals surface area contributed by atoms with E-state index in [1.807, 2.05) is 41.8 Å². The van der Waals surface area contributed by atoms with Gasteiger partial charge in [0.05, 0.1) is 36.5 Å². The molecule has 1 fully saturated rings. The van der Waals surface area contributed by atoms with Crippen molar-refractivity contribution in [3.8, 4) is 5.75 Å². The van der Waals surface area contributed by atoms with Gasteiger partial charge in [0.25, 0.3) is 0 Å². The summed E-state index contributed by atoms with van der Waals surface area (Å²) in [7, 11) is 0. The van der Waals surface area contributed by atoms with E-state index >= 15 is 0 Å². The highest BCUT2D eigenvalue weighted by Crippen LogP contribution is 2.32. The molecule has 1 aliphatic rings. The molecule has 8 heteroatoms. The molecule has 3 aromatic rings. The molecule has 188 valence electrons. The van der Waals surface area contributed by atoms with Gasteiger partial charge in [-0.3, -0.25) is 14.6 Å². The second-order valence-electron chi connectivity index (χ2n) is 8.90. The molecule has 0 saturated carbocycles. The first-order valence-corrected chi connectivity index (χ1v) is 14.1. The summed E-state index contributed by atoms with van der Waals surface area (Å²) in [5.74, 6) is 0.917. The Morgan fingerprint density at radius 2 is 1.97 bits per heavy atom. The molecule has 1 aliphatic heterocycles. The maximum Gasteiger partial charge on any atom is 0.233 e. The Labute approximate surface area is 216 Å². The Kier molecular flexibility index (Phi) is 9.43. The van der Waals surface area contributed by atoms with Crippen LogP contribution in [-0.2, 0) is 16.0 Å². The van der Waals surface area contributed by atoms with E-state index in [1.165, 1.54) is 4.90 Å². The van der Waals surface area contributed by atoms with Gasteiger partial charge >= 0.3 is 0 Å². The molecule has 0 radical (unpaired) electrons. The number of rotatable bonds is 11. The monoisotopic (exact) mass is 513 g/mol. The summed E-state index contributed by atoms with van der Waals surface area (Å²) in [5.41, 5.74) is 1.93. The van der Waals surface area contributed by atoms with Crippen LogP contribution < -0.4 is 9.64 Å². The molecule has 35 heavy (non-hydrogen) atoms. The summed E-state index contributed by atoms with van der Waals surface area (Å²) in [4.78, 5) is 23.9. The van der Waals surface area contributed by atoms with Gasteiger partial charge < -0.3 is 9.47 Å². The number of benzene rings is 2. The van der Waals surface area contributed by atoms with Crippen LogP contribution >= 0.6 is 23.1 Å². The van der Waals surface area contributed by atoms with E-state index in [-0.39, 0.29) is 5.91 Å². The molecule has 0 atom stereocenters. The van der Waals surface area contributed by atoms with Crippen molar-refractivity contribution >= 4 is 44.4 Å². The zero-order valence-corrected chi connectivity index (χ0v) is 22.5. The summed E-state index contributed by atoms with van der Waals surface area (Å²) < 4.78 is 12.2. The Bertz CT molecular complexity index is 1090. The van der Waals surface area contributed by atoms with Crippen molar-refractivity contribution in [2.75, 3.05) is 50.9 Å². The van der Waals surface area contributed by atoms with Crippen LogP contribution in [0.15, 0.2) is 47.4 Å². The predicted molar refractivity (Wildman–Crippen MR) is 146 cm³/mol. The van der Waals surface area contributed by atoms with Crippen molar-refractivity contribution in [2.24, 2.45) is 0 Å². The molecule has 1 saturated heterocycles. The number of morpholine rings is 1. The third-order valence-corrected chi connectivity index (χ3v) is 7.86. The quantitative estimate of drug-likeness (QED) is 0.316. The van der Waals surface area contributed by atoms with Crippen molar-refractivity contribution in [1.29, 1.82) is 0 Å². The lowest BCUT2D eigenvalue weighted by atomic mass is 10.1. The predicted octanol–water partition coefficient (Wildman–Crippen LogP) is 5.49. The second kappa shape index (κ2) is 12.7. The lowest BCUT2D eigenvalue weighted by molar-refractivity contribution is -0.118. The number of nitrogens with zero attached hydrogens (tertiary/aromatic N) is 3. The van der Waals surface area contributed by atoms with Crippen molar-refractivity contribution in [2.45, 2.75) is 43.8 Å². The highest BCUT2D eigenvalue weighted by atomic mass is 32.2. The maximum absolute atomic E-state index is 13.5. The Balaban J connectivity index is 1.49. The van der Waals surface area contributed by atoms with E-state index in [4.69, 9.17) is 14.5 Å². The first-order valence-electron chi connectivity index (χ1n) is 12.4. The van der Waals surface area contributed by atoms with Crippen molar-refractivity contribution < 1.29 is 14.3 Å². The van der Waals surface area contributed by atoms with E-state index in [0.717, 1.165) is 65.9 Å². The summed E-state index contributed by atoms with van der Waals surface area (Å²) in [6.45, 7) is 12.1. The second-order valence-corrected chi connectivity index (χ2v) is 11.6. The molecular weight excluding hydrogens is 478 g/mol. The fraction of sp³-hybridized carbons (Fsp3) is 0.481. The van der Waals surface area contributed by atoms with Crippen LogP contribution in [0.5, 0.6) is 5.75 Å². The molecule has 1 aromatic heterocycles. The zero-order valence-electron chi connectivity index (χ0n) is 20.9. The van der Waals surface area contributed by atoms with E-state index < -0.39 is 0 Å². The summed E-state index contributed by atoms with van der Waals surface area (Å²) in [6, 6.07) is 14.3. The van der Waals surface area contributed by atoms with Crippen LogP contribution in [0.1, 0.15) is 32.8 Å². The zero-order chi connectivity index (χ0) is 24.6. The Morgan fingerprint density at radius 1 is 1.20 bits per heavy atom. The average Bonchev–Trinajstić information content (AvgIpc) is 3.26. The fourth-order valence-corrected chi connectivity index (χ4v) is 5.97. The van der Waals surface area contributed by atoms with Crippen LogP contribution in [0.2, 0.25) is 0 Å². The van der Waals surface area contributed by atoms with Gasteiger partial charge in [-0.15, -0.1) is 11.8 Å². The highest BCUT2D eigenvalue weighted by Gasteiger charge is 2.21. The summed E-state index contributed by atoms with van der Waals surface area (Å²) >= 11 is 3.39. The first-order chi connectivity index (χ1) is 17.0. The van der Waals surface area contributed by atoms with Crippen molar-refractivity contribution in [3.05, 3.63) is 48.0 Å². The Hall–Kier alpha value is -2.13. The van der Waals surface area contributed by atoms with Crippen LogP contribution in [0, 0.1) is 0 Å². The van der Waals surface area contributed by atoms with Crippen LogP contribution in [0.4, 0.5) is 5.13 Å². The largest absolute Gasteiger partial charge is 0.494 e. The molecule has 6 nitrogen and oxygen atoms in total. The van der Waals surface area contributed by atoms with E-state index in [9.17, 15) is 4.79 Å². The van der Waals surface area contributed by atoms with Crippen LogP contribution in [-0.4, -0.2) is 67.0 Å². The molecule has 0 spiro atoms. The number of anilines is 1. The standard InChI is InChI=1S/C27H35N3O3S2/c1-4-33-22-8-11-24-25(19-22)35-27(28-24)30(13-5-12-29-14-16-32-17-15-29)26(31)18-21-6-9-23(10-7-21)34-20(2)3/h6-11,19-20H,4-5,12-18H2,1-3H3. The van der Waals surface area contributed by atoms with Gasteiger partial charge in [-0.1, -0.05) is 37.3 Å². The minimum absolute atomic E-state index is 0.0836. The van der Waals surface area contributed by atoms with Crippen molar-refractivity contribution in [1.82, 2.24) is 9.88 Å². The van der Waals surface area contributed by atoms with Gasteiger partial charge in [0, 0.05) is 36.3 Å². The topological polar surface area (TPSA) is 54.9 Å². The summed E-state index contributed by atoms with van der Waals surface area (Å²) in [6.07, 6.45) is 1.26. The number of hydrogen-bond acceptors (Lipinski definition) is 7. The van der Waals surface area contributed by atoms with Crippen LogP contribution in [0.25, 0.3) is 10.2 Å². The molecule has 0 N–H and O–H groups in total. The number of fused-ring (bicyclic) bond motifs is 1. The molecule has 4 rings (SSSR count). The number of carbonyl (C=O) groups excluding carboxylic acids is 1. The van der Waals surface area contributed by atoms with Crippen LogP contribution in [0.3, 0.4) is 0 Å². The average molecular weight is 514 g/mol. The number of hydrogen-bond donors (Lipinski definition) is 0. The molecule has 2 heterocycles. The normalized spacial score (nSPS) is 14.5. The number of aromatic nitrogens is 1. The number of thiazole rings is 1. The molecule has 0 unspecified atom stereocenters. The number of carbonyl (C=O) groups is 1. The maximum atomic E-state index is 13.5. The third kappa shape index (κ3) is 7.43. The highest BCUT2D eigenvalue weighted by molar-refractivity contribution is 7.99. The van der Waals surface area contributed by atoms with E-state index in [0.29, 0.717) is 24.8 Å². The summed E-state index contributed by atoms with van der Waals surface area (Å²) in [5, 5.41) is 1.29. The van der Waals surface area contributed by atoms with Crippen molar-refractivity contribution in [3.63, 3.8) is 0 Å². The van der Waals surface area contributed by atoms with Gasteiger partial charge in [0.1, 0.15) is 5.75 Å². The fourth-order valence-electron chi connectivity index (χ4n) is 4.10. The SMILES string of the molecule is CCOc1ccc2nc(N(CCCN3CCOCC3)C(=O)Cc3ccc(SC(C)C)cc3)sc2c1. The molecule has 1 amide bonds. The lowest BCUT2D eigenvalue weighted by Gasteiger charge is -2.27. The smallest absolute Gasteiger partial charge is 0.233 e. The number of amides is 1. The molecular formula is C27H35N3O3S2. The minimum Gasteiger partial charge on any atom is -0.494 e. The Morgan fingerprint density at radius 3 is 2.69 bits per heavy atom. The third-order valence-electron chi connectivity index (χ3n) is 5.80. The first kappa shape index (κ1) is 25.9. The van der Waals surface area contributed by atoms with Gasteiger partial charge in [0.2, 0.25) is 5.91 Å². The lowest BCUT2D eigenvalue weighted by Crippen LogP contribution is -2.39. The van der Waals surface area contributed by atoms with Gasteiger partial charge in [-0.05, 0) is 49.2 Å². The van der Waals surface area contributed by atoms with Gasteiger partial charge in [-0.2, -0.15) is 0 Å². The van der Waals surface area contributed by atoms with E-state index in [1.54, 1.807) is 11.3 Å². The number of thioether (sulfide) groups is 1.